The van der Waals surface area contributed by atoms with Gasteiger partial charge in [0.1, 0.15) is 6.54 Å². The zero-order valence-electron chi connectivity index (χ0n) is 13.9. The minimum absolute atomic E-state index is 0.314. The molecule has 0 atom stereocenters. The number of carbonyl (C=O) groups excluding carboxylic acids is 3. The molecular weight excluding hydrogens is 416 g/mol. The van der Waals surface area contributed by atoms with Crippen LogP contribution in [-0.4, -0.2) is 28.5 Å². The molecule has 1 saturated heterocycles. The molecule has 1 heterocycles. The lowest BCUT2D eigenvalue weighted by atomic mass is 10.1. The molecule has 2 aromatic rings. The number of nitrogens with zero attached hydrogens (tertiary/aromatic N) is 1. The zero-order chi connectivity index (χ0) is 18.7. The maximum absolute atomic E-state index is 12.4. The third-order valence-electron chi connectivity index (χ3n) is 3.68. The molecule has 5 nitrogen and oxygen atoms in total. The highest BCUT2D eigenvalue weighted by atomic mass is 79.9. The largest absolute Gasteiger partial charge is 0.325 e. The fourth-order valence-corrected chi connectivity index (χ4v) is 3.43. The standard InChI is InChI=1S/C19H15BrN2O3S/c1-12-2-4-13(5-3-12)10-16-18(24)22(19(25)26-16)11-17(23)21-15-8-6-14(20)7-9-15/h2-10H,11H2,1H3,(H,21,23)/b16-10+. The third kappa shape index (κ3) is 4.42. The van der Waals surface area contributed by atoms with Crippen molar-refractivity contribution in [2.75, 3.05) is 11.9 Å². The first-order chi connectivity index (χ1) is 12.4. The van der Waals surface area contributed by atoms with Crippen LogP contribution in [-0.2, 0) is 9.59 Å². The molecule has 1 fully saturated rings. The molecule has 2 aromatic carbocycles. The molecule has 26 heavy (non-hydrogen) atoms. The first-order valence-corrected chi connectivity index (χ1v) is 9.41. The smallest absolute Gasteiger partial charge is 0.294 e. The van der Waals surface area contributed by atoms with E-state index in [1.165, 1.54) is 0 Å². The van der Waals surface area contributed by atoms with E-state index in [0.717, 1.165) is 32.3 Å². The normalized spacial score (nSPS) is 15.6. The van der Waals surface area contributed by atoms with Gasteiger partial charge in [0.25, 0.3) is 11.1 Å². The van der Waals surface area contributed by atoms with Gasteiger partial charge < -0.3 is 5.32 Å². The number of halogens is 1. The van der Waals surface area contributed by atoms with Crippen molar-refractivity contribution in [3.63, 3.8) is 0 Å². The number of amides is 3. The number of carbonyl (C=O) groups is 3. The average molecular weight is 431 g/mol. The molecule has 3 amide bonds. The number of hydrogen-bond donors (Lipinski definition) is 1. The van der Waals surface area contributed by atoms with Gasteiger partial charge in [-0.25, -0.2) is 0 Å². The molecular formula is C19H15BrN2O3S. The summed E-state index contributed by atoms with van der Waals surface area (Å²) in [5.41, 5.74) is 2.54. The summed E-state index contributed by atoms with van der Waals surface area (Å²) >= 11 is 4.16. The number of nitrogens with one attached hydrogen (secondary N) is 1. The molecule has 0 unspecified atom stereocenters. The van der Waals surface area contributed by atoms with Crippen LogP contribution in [0.4, 0.5) is 10.5 Å². The van der Waals surface area contributed by atoms with E-state index in [-0.39, 0.29) is 6.54 Å². The lowest BCUT2D eigenvalue weighted by Crippen LogP contribution is -2.36. The van der Waals surface area contributed by atoms with Crippen LogP contribution < -0.4 is 5.32 Å². The Morgan fingerprint density at radius 1 is 1.12 bits per heavy atom. The summed E-state index contributed by atoms with van der Waals surface area (Å²) in [6.07, 6.45) is 1.66. The quantitative estimate of drug-likeness (QED) is 0.728. The van der Waals surface area contributed by atoms with Crippen molar-refractivity contribution in [3.8, 4) is 0 Å². The fourth-order valence-electron chi connectivity index (χ4n) is 2.33. The fraction of sp³-hybridized carbons (Fsp3) is 0.105. The lowest BCUT2D eigenvalue weighted by molar-refractivity contribution is -0.127. The highest BCUT2D eigenvalue weighted by Gasteiger charge is 2.36. The molecule has 0 spiro atoms. The minimum atomic E-state index is -0.452. The maximum Gasteiger partial charge on any atom is 0.294 e. The van der Waals surface area contributed by atoms with Crippen molar-refractivity contribution in [1.82, 2.24) is 4.90 Å². The summed E-state index contributed by atoms with van der Waals surface area (Å²) in [5, 5.41) is 2.23. The van der Waals surface area contributed by atoms with E-state index >= 15 is 0 Å². The minimum Gasteiger partial charge on any atom is -0.325 e. The van der Waals surface area contributed by atoms with Gasteiger partial charge in [0, 0.05) is 10.2 Å². The van der Waals surface area contributed by atoms with Crippen LogP contribution in [0.1, 0.15) is 11.1 Å². The van der Waals surface area contributed by atoms with Crippen LogP contribution >= 0.6 is 27.7 Å². The topological polar surface area (TPSA) is 66.5 Å². The molecule has 3 rings (SSSR count). The highest BCUT2D eigenvalue weighted by Crippen LogP contribution is 2.32. The Balaban J connectivity index is 1.67. The number of hydrogen-bond acceptors (Lipinski definition) is 4. The van der Waals surface area contributed by atoms with E-state index in [9.17, 15) is 14.4 Å². The molecule has 132 valence electrons. The van der Waals surface area contributed by atoms with Gasteiger partial charge in [-0.3, -0.25) is 19.3 Å². The van der Waals surface area contributed by atoms with Crippen LogP contribution in [0, 0.1) is 6.92 Å². The maximum atomic E-state index is 12.4. The zero-order valence-corrected chi connectivity index (χ0v) is 16.3. The van der Waals surface area contributed by atoms with Gasteiger partial charge in [0.05, 0.1) is 4.91 Å². The number of aryl methyl sites for hydroxylation is 1. The predicted molar refractivity (Wildman–Crippen MR) is 107 cm³/mol. The highest BCUT2D eigenvalue weighted by molar-refractivity contribution is 9.10. The van der Waals surface area contributed by atoms with E-state index in [4.69, 9.17) is 0 Å². The lowest BCUT2D eigenvalue weighted by Gasteiger charge is -2.12. The Bertz CT molecular complexity index is 892. The van der Waals surface area contributed by atoms with Gasteiger partial charge >= 0.3 is 0 Å². The number of thioether (sulfide) groups is 1. The molecule has 0 bridgehead atoms. The first-order valence-electron chi connectivity index (χ1n) is 7.80. The van der Waals surface area contributed by atoms with Gasteiger partial charge in [-0.15, -0.1) is 0 Å². The predicted octanol–water partition coefficient (Wildman–Crippen LogP) is 4.43. The van der Waals surface area contributed by atoms with Gasteiger partial charge in [-0.05, 0) is 54.6 Å². The summed E-state index contributed by atoms with van der Waals surface area (Å²) in [5.74, 6) is -0.877. The Labute approximate surface area is 163 Å². The van der Waals surface area contributed by atoms with Crippen molar-refractivity contribution >= 4 is 56.5 Å². The summed E-state index contributed by atoms with van der Waals surface area (Å²) in [6, 6.07) is 14.7. The van der Waals surface area contributed by atoms with Crippen LogP contribution in [0.5, 0.6) is 0 Å². The monoisotopic (exact) mass is 430 g/mol. The van der Waals surface area contributed by atoms with Crippen LogP contribution in [0.25, 0.3) is 6.08 Å². The van der Waals surface area contributed by atoms with Crippen molar-refractivity contribution in [3.05, 3.63) is 69.0 Å². The Morgan fingerprint density at radius 2 is 1.77 bits per heavy atom. The van der Waals surface area contributed by atoms with E-state index in [0.29, 0.717) is 10.6 Å². The molecule has 1 aliphatic heterocycles. The van der Waals surface area contributed by atoms with Crippen LogP contribution in [0.2, 0.25) is 0 Å². The summed E-state index contributed by atoms with van der Waals surface area (Å²) in [4.78, 5) is 38.0. The molecule has 0 radical (unpaired) electrons. The molecule has 7 heteroatoms. The van der Waals surface area contributed by atoms with Crippen molar-refractivity contribution in [2.24, 2.45) is 0 Å². The van der Waals surface area contributed by atoms with Crippen LogP contribution in [0.3, 0.4) is 0 Å². The number of imide groups is 1. The van der Waals surface area contributed by atoms with Crippen molar-refractivity contribution in [1.29, 1.82) is 0 Å². The van der Waals surface area contributed by atoms with Gasteiger partial charge in [0.2, 0.25) is 5.91 Å². The summed E-state index contributed by atoms with van der Waals surface area (Å²) < 4.78 is 0.891. The van der Waals surface area contributed by atoms with E-state index in [1.54, 1.807) is 30.3 Å². The third-order valence-corrected chi connectivity index (χ3v) is 5.11. The van der Waals surface area contributed by atoms with E-state index in [1.807, 2.05) is 31.2 Å². The molecule has 0 aliphatic carbocycles. The Morgan fingerprint density at radius 3 is 2.42 bits per heavy atom. The van der Waals surface area contributed by atoms with Crippen LogP contribution in [0.15, 0.2) is 57.9 Å². The molecule has 0 saturated carbocycles. The SMILES string of the molecule is Cc1ccc(/C=C2/SC(=O)N(CC(=O)Nc3ccc(Br)cc3)C2=O)cc1. The average Bonchev–Trinajstić information content (AvgIpc) is 2.86. The Kier molecular flexibility index (Phi) is 5.58. The van der Waals surface area contributed by atoms with Gasteiger partial charge in [-0.2, -0.15) is 0 Å². The van der Waals surface area contributed by atoms with Crippen molar-refractivity contribution in [2.45, 2.75) is 6.92 Å². The second-order valence-corrected chi connectivity index (χ2v) is 7.64. The second kappa shape index (κ2) is 7.88. The summed E-state index contributed by atoms with van der Waals surface area (Å²) in [6.45, 7) is 1.66. The first kappa shape index (κ1) is 18.4. The van der Waals surface area contributed by atoms with Crippen molar-refractivity contribution < 1.29 is 14.4 Å². The number of anilines is 1. The summed E-state index contributed by atoms with van der Waals surface area (Å²) in [7, 11) is 0. The van der Waals surface area contributed by atoms with E-state index in [2.05, 4.69) is 21.2 Å². The second-order valence-electron chi connectivity index (χ2n) is 5.73. The Hall–Kier alpha value is -2.38. The molecule has 1 N–H and O–H groups in total. The van der Waals surface area contributed by atoms with Gasteiger partial charge in [-0.1, -0.05) is 45.8 Å². The molecule has 1 aliphatic rings. The van der Waals surface area contributed by atoms with Gasteiger partial charge in [0.15, 0.2) is 0 Å². The number of benzene rings is 2. The van der Waals surface area contributed by atoms with E-state index < -0.39 is 17.1 Å². The number of rotatable bonds is 4. The molecule has 0 aromatic heterocycles.